The number of nitrogens with zero attached hydrogens (tertiary/aromatic N) is 2. The number of methoxy groups -OCH3 is 1. The van der Waals surface area contributed by atoms with Crippen LogP contribution >= 0.6 is 11.3 Å². The highest BCUT2D eigenvalue weighted by atomic mass is 32.1. The first kappa shape index (κ1) is 21.0. The number of fused-ring (bicyclic) bond motifs is 2. The second kappa shape index (κ2) is 8.48. The number of hydrogen-bond donors (Lipinski definition) is 0. The molecule has 1 aliphatic rings. The van der Waals surface area contributed by atoms with Gasteiger partial charge in [-0.05, 0) is 31.5 Å². The number of rotatable bonds is 5. The van der Waals surface area contributed by atoms with E-state index < -0.39 is 11.9 Å². The maximum Gasteiger partial charge on any atom is 0.348 e. The van der Waals surface area contributed by atoms with Crippen LogP contribution in [0.1, 0.15) is 43.6 Å². The molecule has 31 heavy (non-hydrogen) atoms. The molecule has 1 aromatic carbocycles. The van der Waals surface area contributed by atoms with Gasteiger partial charge in [0.05, 0.1) is 44.1 Å². The minimum Gasteiger partial charge on any atom is -0.467 e. The van der Waals surface area contributed by atoms with E-state index in [1.54, 1.807) is 26.0 Å². The van der Waals surface area contributed by atoms with Gasteiger partial charge in [-0.25, -0.2) is 14.6 Å². The molecule has 162 valence electrons. The molecule has 10 heteroatoms. The van der Waals surface area contributed by atoms with Crippen LogP contribution in [0, 0.1) is 6.92 Å². The molecule has 4 rings (SSSR count). The van der Waals surface area contributed by atoms with Crippen LogP contribution in [0.3, 0.4) is 0 Å². The Labute approximate surface area is 181 Å². The van der Waals surface area contributed by atoms with E-state index >= 15 is 0 Å². The molecule has 0 saturated carbocycles. The van der Waals surface area contributed by atoms with Crippen molar-refractivity contribution < 1.29 is 28.5 Å². The average Bonchev–Trinajstić information content (AvgIpc) is 3.12. The van der Waals surface area contributed by atoms with Gasteiger partial charge in [0.15, 0.2) is 6.79 Å². The molecule has 0 fully saturated rings. The van der Waals surface area contributed by atoms with Gasteiger partial charge in [-0.1, -0.05) is 0 Å². The van der Waals surface area contributed by atoms with Crippen molar-refractivity contribution >= 4 is 33.5 Å². The lowest BCUT2D eigenvalue weighted by Crippen LogP contribution is -2.23. The van der Waals surface area contributed by atoms with Crippen molar-refractivity contribution in [2.45, 2.75) is 27.0 Å². The van der Waals surface area contributed by atoms with Crippen LogP contribution in [-0.4, -0.2) is 42.0 Å². The van der Waals surface area contributed by atoms with Gasteiger partial charge in [0.1, 0.15) is 15.5 Å². The monoisotopic (exact) mass is 444 g/mol. The Morgan fingerprint density at radius 3 is 2.84 bits per heavy atom. The molecule has 0 saturated heterocycles. The Morgan fingerprint density at radius 2 is 2.10 bits per heavy atom. The van der Waals surface area contributed by atoms with Crippen LogP contribution in [0.25, 0.3) is 10.2 Å². The number of carbonyl (C=O) groups excluding carboxylic acids is 2. The minimum atomic E-state index is -0.504. The van der Waals surface area contributed by atoms with E-state index in [9.17, 15) is 14.4 Å². The summed E-state index contributed by atoms with van der Waals surface area (Å²) in [6.07, 6.45) is 1.42. The van der Waals surface area contributed by atoms with Gasteiger partial charge in [0.2, 0.25) is 0 Å². The maximum absolute atomic E-state index is 13.2. The van der Waals surface area contributed by atoms with Gasteiger partial charge < -0.3 is 18.9 Å². The molecule has 0 aliphatic carbocycles. The fraction of sp³-hybridized carbons (Fsp3) is 0.333. The summed E-state index contributed by atoms with van der Waals surface area (Å²) in [5, 5.41) is 0.368. The van der Waals surface area contributed by atoms with Gasteiger partial charge in [-0.15, -0.1) is 11.3 Å². The number of esters is 2. The molecule has 3 aromatic rings. The Kier molecular flexibility index (Phi) is 5.75. The van der Waals surface area contributed by atoms with Crippen LogP contribution in [-0.2, 0) is 27.4 Å². The van der Waals surface area contributed by atoms with Crippen molar-refractivity contribution in [2.24, 2.45) is 0 Å². The van der Waals surface area contributed by atoms with E-state index in [1.165, 1.54) is 18.0 Å². The highest BCUT2D eigenvalue weighted by Crippen LogP contribution is 2.31. The Bertz CT molecular complexity index is 1240. The first-order valence-corrected chi connectivity index (χ1v) is 10.4. The fourth-order valence-electron chi connectivity index (χ4n) is 3.49. The fourth-order valence-corrected chi connectivity index (χ4v) is 4.55. The first-order chi connectivity index (χ1) is 14.9. The Morgan fingerprint density at radius 1 is 1.29 bits per heavy atom. The van der Waals surface area contributed by atoms with Crippen molar-refractivity contribution in [3.63, 3.8) is 0 Å². The molecule has 0 radical (unpaired) electrons. The molecule has 0 atom stereocenters. The minimum absolute atomic E-state index is 0.0804. The summed E-state index contributed by atoms with van der Waals surface area (Å²) in [7, 11) is 1.29. The van der Waals surface area contributed by atoms with Crippen LogP contribution < -0.4 is 10.3 Å². The van der Waals surface area contributed by atoms with Crippen molar-refractivity contribution in [2.75, 3.05) is 20.5 Å². The highest BCUT2D eigenvalue weighted by molar-refractivity contribution is 7.20. The van der Waals surface area contributed by atoms with E-state index in [0.717, 1.165) is 11.3 Å². The molecule has 9 nitrogen and oxygen atoms in total. The van der Waals surface area contributed by atoms with E-state index in [2.05, 4.69) is 4.98 Å². The van der Waals surface area contributed by atoms with E-state index in [4.69, 9.17) is 18.9 Å². The van der Waals surface area contributed by atoms with Gasteiger partial charge in [0, 0.05) is 11.1 Å². The second-order valence-corrected chi connectivity index (χ2v) is 7.86. The predicted octanol–water partition coefficient (Wildman–Crippen LogP) is 2.64. The zero-order chi connectivity index (χ0) is 22.1. The van der Waals surface area contributed by atoms with Gasteiger partial charge in [-0.2, -0.15) is 0 Å². The standard InChI is InChI=1S/C21H20N2O7S/c1-4-29-20(25)12-5-13(16-14(6-12)8-28-10-30-16)7-23-9-22-18-15(19(23)24)11(2)17(31-18)21(26)27-3/h5-6,9H,4,7-8,10H2,1-3H3. The molecule has 0 amide bonds. The number of benzene rings is 1. The largest absolute Gasteiger partial charge is 0.467 e. The Hall–Kier alpha value is -3.24. The van der Waals surface area contributed by atoms with Crippen LogP contribution in [0.4, 0.5) is 0 Å². The lowest BCUT2D eigenvalue weighted by molar-refractivity contribution is -0.0171. The second-order valence-electron chi connectivity index (χ2n) is 6.86. The molecule has 0 unspecified atom stereocenters. The molecule has 0 spiro atoms. The van der Waals surface area contributed by atoms with E-state index in [1.807, 2.05) is 0 Å². The topological polar surface area (TPSA) is 106 Å². The van der Waals surface area contributed by atoms with Crippen molar-refractivity contribution in [3.05, 3.63) is 55.9 Å². The SMILES string of the molecule is CCOC(=O)c1cc2c(c(Cn3cnc4sc(C(=O)OC)c(C)c4c3=O)c1)OCOC2. The summed E-state index contributed by atoms with van der Waals surface area (Å²) < 4.78 is 22.3. The molecule has 3 heterocycles. The molecule has 0 bridgehead atoms. The van der Waals surface area contributed by atoms with Crippen LogP contribution in [0.5, 0.6) is 5.75 Å². The quantitative estimate of drug-likeness (QED) is 0.553. The van der Waals surface area contributed by atoms with E-state index in [-0.39, 0.29) is 32.1 Å². The number of thiophene rings is 1. The van der Waals surface area contributed by atoms with Crippen LogP contribution in [0.15, 0.2) is 23.3 Å². The molecule has 0 N–H and O–H groups in total. The van der Waals surface area contributed by atoms with Crippen LogP contribution in [0.2, 0.25) is 0 Å². The zero-order valence-corrected chi connectivity index (χ0v) is 18.0. The molecular formula is C21H20N2O7S. The summed E-state index contributed by atoms with van der Waals surface area (Å²) in [4.78, 5) is 42.6. The normalized spacial score (nSPS) is 12.9. The van der Waals surface area contributed by atoms with Crippen molar-refractivity contribution in [1.29, 1.82) is 0 Å². The summed E-state index contributed by atoms with van der Waals surface area (Å²) in [6.45, 7) is 4.17. The number of aromatic nitrogens is 2. The predicted molar refractivity (Wildman–Crippen MR) is 112 cm³/mol. The summed E-state index contributed by atoms with van der Waals surface area (Å²) in [6, 6.07) is 3.32. The molecule has 2 aromatic heterocycles. The lowest BCUT2D eigenvalue weighted by atomic mass is 10.0. The third-order valence-electron chi connectivity index (χ3n) is 4.93. The lowest BCUT2D eigenvalue weighted by Gasteiger charge is -2.22. The average molecular weight is 444 g/mol. The summed E-state index contributed by atoms with van der Waals surface area (Å²) in [5.41, 5.74) is 1.93. The number of aryl methyl sites for hydroxylation is 1. The number of carbonyl (C=O) groups is 2. The van der Waals surface area contributed by atoms with Gasteiger partial charge >= 0.3 is 11.9 Å². The highest BCUT2D eigenvalue weighted by Gasteiger charge is 2.23. The molecule has 1 aliphatic heterocycles. The zero-order valence-electron chi connectivity index (χ0n) is 17.2. The Balaban J connectivity index is 1.80. The number of ether oxygens (including phenoxy) is 4. The summed E-state index contributed by atoms with van der Waals surface area (Å²) >= 11 is 1.12. The smallest absolute Gasteiger partial charge is 0.348 e. The third-order valence-corrected chi connectivity index (χ3v) is 6.11. The van der Waals surface area contributed by atoms with Crippen molar-refractivity contribution in [3.8, 4) is 5.75 Å². The molecular weight excluding hydrogens is 424 g/mol. The first-order valence-electron chi connectivity index (χ1n) is 9.54. The van der Waals surface area contributed by atoms with Gasteiger partial charge in [-0.3, -0.25) is 9.36 Å². The third kappa shape index (κ3) is 3.79. The van der Waals surface area contributed by atoms with E-state index in [0.29, 0.717) is 43.1 Å². The summed E-state index contributed by atoms with van der Waals surface area (Å²) in [5.74, 6) is -0.394. The van der Waals surface area contributed by atoms with Gasteiger partial charge in [0.25, 0.3) is 5.56 Å². The maximum atomic E-state index is 13.2. The number of hydrogen-bond acceptors (Lipinski definition) is 9. The van der Waals surface area contributed by atoms with Crippen molar-refractivity contribution in [1.82, 2.24) is 9.55 Å².